The number of furan rings is 1. The molecule has 124 valence electrons. The van der Waals surface area contributed by atoms with Gasteiger partial charge in [-0.15, -0.1) is 0 Å². The van der Waals surface area contributed by atoms with Gasteiger partial charge in [-0.1, -0.05) is 31.0 Å². The summed E-state index contributed by atoms with van der Waals surface area (Å²) < 4.78 is 8.09. The lowest BCUT2D eigenvalue weighted by molar-refractivity contribution is 0.416. The summed E-state index contributed by atoms with van der Waals surface area (Å²) in [6.45, 7) is 4.60. The standard InChI is InChI=1S/C21H24N2O/c1-14-8-4-5-9-17(14)23-15(2)19-18(21(23)11-6-7-12-21)16-10-13-24-20(16)22(19)3/h4-5,8-10,13,15H,6-7,11-12H2,1-3H3/t15-/m0/s1. The van der Waals surface area contributed by atoms with Gasteiger partial charge in [-0.2, -0.15) is 0 Å². The number of aryl methyl sites for hydroxylation is 2. The summed E-state index contributed by atoms with van der Waals surface area (Å²) in [5, 5.41) is 1.32. The number of nitrogens with zero attached hydrogens (tertiary/aromatic N) is 2. The minimum Gasteiger partial charge on any atom is -0.448 e. The van der Waals surface area contributed by atoms with Crippen LogP contribution in [0.25, 0.3) is 11.1 Å². The van der Waals surface area contributed by atoms with Crippen LogP contribution in [0.5, 0.6) is 0 Å². The lowest BCUT2D eigenvalue weighted by Crippen LogP contribution is -2.40. The number of anilines is 1. The van der Waals surface area contributed by atoms with Crippen LogP contribution in [0.4, 0.5) is 5.69 Å². The van der Waals surface area contributed by atoms with Gasteiger partial charge in [0.1, 0.15) is 0 Å². The summed E-state index contributed by atoms with van der Waals surface area (Å²) in [7, 11) is 2.16. The van der Waals surface area contributed by atoms with E-state index in [4.69, 9.17) is 4.42 Å². The fourth-order valence-electron chi connectivity index (χ4n) is 5.48. The average Bonchev–Trinajstić information content (AvgIpc) is 3.30. The van der Waals surface area contributed by atoms with Crippen molar-refractivity contribution >= 4 is 16.8 Å². The maximum Gasteiger partial charge on any atom is 0.206 e. The first kappa shape index (κ1) is 14.2. The molecule has 3 heterocycles. The van der Waals surface area contributed by atoms with E-state index in [-0.39, 0.29) is 5.54 Å². The Balaban J connectivity index is 1.82. The summed E-state index contributed by atoms with van der Waals surface area (Å²) in [6, 6.07) is 11.4. The van der Waals surface area contributed by atoms with Crippen LogP contribution in [0.1, 0.15) is 55.5 Å². The van der Waals surface area contributed by atoms with Crippen LogP contribution < -0.4 is 4.90 Å². The Labute approximate surface area is 142 Å². The number of benzene rings is 1. The Hall–Kier alpha value is -2.16. The Kier molecular flexibility index (Phi) is 2.77. The molecule has 1 atom stereocenters. The smallest absolute Gasteiger partial charge is 0.206 e. The summed E-state index contributed by atoms with van der Waals surface area (Å²) >= 11 is 0. The number of hydrogen-bond donors (Lipinski definition) is 0. The summed E-state index contributed by atoms with van der Waals surface area (Å²) in [5.41, 5.74) is 6.88. The molecule has 1 saturated carbocycles. The molecular weight excluding hydrogens is 296 g/mol. The highest BCUT2D eigenvalue weighted by molar-refractivity contribution is 5.86. The monoisotopic (exact) mass is 320 g/mol. The number of aromatic nitrogens is 1. The second-order valence-electron chi connectivity index (χ2n) is 7.53. The molecule has 1 aliphatic carbocycles. The molecule has 1 aromatic carbocycles. The highest BCUT2D eigenvalue weighted by Crippen LogP contribution is 2.59. The quantitative estimate of drug-likeness (QED) is 0.596. The van der Waals surface area contributed by atoms with Gasteiger partial charge in [-0.05, 0) is 44.4 Å². The van der Waals surface area contributed by atoms with E-state index in [2.05, 4.69) is 60.7 Å². The van der Waals surface area contributed by atoms with E-state index in [1.807, 2.05) is 6.26 Å². The third kappa shape index (κ3) is 1.53. The Morgan fingerprint density at radius 3 is 2.62 bits per heavy atom. The van der Waals surface area contributed by atoms with Gasteiger partial charge < -0.3 is 13.9 Å². The molecule has 1 spiro atoms. The zero-order chi connectivity index (χ0) is 16.5. The maximum absolute atomic E-state index is 5.81. The number of rotatable bonds is 1. The summed E-state index contributed by atoms with van der Waals surface area (Å²) in [5.74, 6) is 0. The number of hydrogen-bond acceptors (Lipinski definition) is 2. The molecule has 24 heavy (non-hydrogen) atoms. The van der Waals surface area contributed by atoms with Crippen LogP contribution in [0, 0.1) is 6.92 Å². The fourth-order valence-corrected chi connectivity index (χ4v) is 5.48. The van der Waals surface area contributed by atoms with Crippen molar-refractivity contribution in [2.75, 3.05) is 4.90 Å². The van der Waals surface area contributed by atoms with Crippen molar-refractivity contribution in [2.45, 2.75) is 51.1 Å². The molecular formula is C21H24N2O. The molecule has 0 radical (unpaired) electrons. The van der Waals surface area contributed by atoms with Crippen molar-refractivity contribution in [1.82, 2.24) is 4.57 Å². The summed E-state index contributed by atoms with van der Waals surface area (Å²) in [6.07, 6.45) is 6.94. The first-order chi connectivity index (χ1) is 11.6. The van der Waals surface area contributed by atoms with E-state index in [0.717, 1.165) is 5.71 Å². The molecule has 2 aliphatic rings. The van der Waals surface area contributed by atoms with Gasteiger partial charge in [0.25, 0.3) is 0 Å². The lowest BCUT2D eigenvalue weighted by Gasteiger charge is -2.41. The van der Waals surface area contributed by atoms with Crippen molar-refractivity contribution in [3.8, 4) is 0 Å². The molecule has 0 unspecified atom stereocenters. The van der Waals surface area contributed by atoms with Gasteiger partial charge >= 0.3 is 0 Å². The van der Waals surface area contributed by atoms with Gasteiger partial charge in [-0.25, -0.2) is 0 Å². The number of para-hydroxylation sites is 1. The topological polar surface area (TPSA) is 21.3 Å². The molecule has 2 aromatic heterocycles. The van der Waals surface area contributed by atoms with Crippen LogP contribution in [-0.4, -0.2) is 4.57 Å². The third-order valence-electron chi connectivity index (χ3n) is 6.35. The highest BCUT2D eigenvalue weighted by Gasteiger charge is 2.53. The van der Waals surface area contributed by atoms with E-state index in [1.165, 1.54) is 53.6 Å². The van der Waals surface area contributed by atoms with E-state index in [9.17, 15) is 0 Å². The van der Waals surface area contributed by atoms with Crippen molar-refractivity contribution in [1.29, 1.82) is 0 Å². The van der Waals surface area contributed by atoms with Crippen molar-refractivity contribution in [2.24, 2.45) is 7.05 Å². The fraction of sp³-hybridized carbons (Fsp3) is 0.429. The second-order valence-corrected chi connectivity index (χ2v) is 7.53. The maximum atomic E-state index is 5.81. The minimum absolute atomic E-state index is 0.129. The molecule has 0 bridgehead atoms. The zero-order valence-corrected chi connectivity index (χ0v) is 14.7. The van der Waals surface area contributed by atoms with Crippen LogP contribution in [0.2, 0.25) is 0 Å². The lowest BCUT2D eigenvalue weighted by atomic mass is 9.88. The Bertz CT molecular complexity index is 927. The molecule has 3 heteroatoms. The first-order valence-electron chi connectivity index (χ1n) is 9.06. The van der Waals surface area contributed by atoms with E-state index in [0.29, 0.717) is 6.04 Å². The summed E-state index contributed by atoms with van der Waals surface area (Å²) in [4.78, 5) is 2.71. The largest absolute Gasteiger partial charge is 0.448 e. The van der Waals surface area contributed by atoms with Gasteiger partial charge in [-0.3, -0.25) is 0 Å². The predicted octanol–water partition coefficient (Wildman–Crippen LogP) is 5.43. The van der Waals surface area contributed by atoms with Gasteiger partial charge in [0.05, 0.1) is 17.8 Å². The van der Waals surface area contributed by atoms with Gasteiger partial charge in [0, 0.05) is 29.4 Å². The van der Waals surface area contributed by atoms with Crippen molar-refractivity contribution in [3.05, 3.63) is 53.4 Å². The van der Waals surface area contributed by atoms with E-state index < -0.39 is 0 Å². The van der Waals surface area contributed by atoms with Crippen molar-refractivity contribution in [3.63, 3.8) is 0 Å². The van der Waals surface area contributed by atoms with Crippen LogP contribution in [-0.2, 0) is 12.6 Å². The average molecular weight is 320 g/mol. The molecule has 5 rings (SSSR count). The zero-order valence-electron chi connectivity index (χ0n) is 14.7. The predicted molar refractivity (Wildman–Crippen MR) is 97.4 cm³/mol. The first-order valence-corrected chi connectivity index (χ1v) is 9.06. The molecule has 0 amide bonds. The van der Waals surface area contributed by atoms with Gasteiger partial charge in [0.15, 0.2) is 0 Å². The van der Waals surface area contributed by atoms with Crippen LogP contribution >= 0.6 is 0 Å². The Morgan fingerprint density at radius 1 is 1.12 bits per heavy atom. The molecule has 0 N–H and O–H groups in total. The van der Waals surface area contributed by atoms with E-state index in [1.54, 1.807) is 0 Å². The third-order valence-corrected chi connectivity index (χ3v) is 6.35. The normalized spacial score (nSPS) is 22.0. The van der Waals surface area contributed by atoms with E-state index >= 15 is 0 Å². The van der Waals surface area contributed by atoms with Crippen LogP contribution in [0.15, 0.2) is 41.0 Å². The molecule has 0 saturated heterocycles. The molecule has 3 aromatic rings. The molecule has 3 nitrogen and oxygen atoms in total. The number of fused-ring (bicyclic) bond motifs is 4. The molecule has 1 fully saturated rings. The minimum atomic E-state index is 0.129. The Morgan fingerprint density at radius 2 is 1.88 bits per heavy atom. The van der Waals surface area contributed by atoms with Gasteiger partial charge in [0.2, 0.25) is 5.71 Å². The molecule has 1 aliphatic heterocycles. The SMILES string of the molecule is Cc1ccccc1N1[C@@H](C)c2c(c3ccoc3n2C)C12CCCC2. The highest BCUT2D eigenvalue weighted by atomic mass is 16.3. The van der Waals surface area contributed by atoms with Crippen LogP contribution in [0.3, 0.4) is 0 Å². The van der Waals surface area contributed by atoms with Crippen molar-refractivity contribution < 1.29 is 4.42 Å². The second kappa shape index (κ2) is 4.69.